The molecule has 1 aromatic carbocycles. The number of ether oxygens (including phenoxy) is 1. The van der Waals surface area contributed by atoms with Gasteiger partial charge in [0.05, 0.1) is 6.61 Å². The van der Waals surface area contributed by atoms with Gasteiger partial charge in [0.25, 0.3) is 0 Å². The van der Waals surface area contributed by atoms with E-state index in [1.165, 1.54) is 0 Å². The summed E-state index contributed by atoms with van der Waals surface area (Å²) in [6.45, 7) is 3.11. The molecule has 0 heterocycles. The first-order valence-electron chi connectivity index (χ1n) is 6.34. The molecule has 0 aromatic heterocycles. The molecule has 106 valence electrons. The Bertz CT molecular complexity index is 424. The molecule has 0 fully saturated rings. The fraction of sp³-hybridized carbons (Fsp3) is 0.500. The third kappa shape index (κ3) is 5.30. The summed E-state index contributed by atoms with van der Waals surface area (Å²) in [5, 5.41) is 2.93. The van der Waals surface area contributed by atoms with Crippen LogP contribution in [0.15, 0.2) is 22.7 Å². The molecule has 1 unspecified atom stereocenters. The number of benzene rings is 1. The van der Waals surface area contributed by atoms with Crippen LogP contribution in [0.4, 0.5) is 5.69 Å². The Balaban J connectivity index is 2.65. The zero-order chi connectivity index (χ0) is 14.3. The Hall–Kier alpha value is -0.910. The number of carbonyl (C=O) groups excluding carboxylic acids is 1. The number of nitrogens with one attached hydrogen (secondary N) is 1. The van der Waals surface area contributed by atoms with E-state index in [1.54, 1.807) is 7.11 Å². The molecule has 1 atom stereocenters. The van der Waals surface area contributed by atoms with Crippen LogP contribution in [0.1, 0.15) is 25.3 Å². The molecule has 0 radical (unpaired) electrons. The van der Waals surface area contributed by atoms with E-state index in [0.29, 0.717) is 25.5 Å². The smallest absolute Gasteiger partial charge is 0.224 e. The van der Waals surface area contributed by atoms with E-state index in [-0.39, 0.29) is 5.91 Å². The summed E-state index contributed by atoms with van der Waals surface area (Å²) in [7, 11) is 1.63. The molecule has 0 saturated carbocycles. The molecule has 0 saturated heterocycles. The van der Waals surface area contributed by atoms with Gasteiger partial charge in [-0.05, 0) is 31.0 Å². The Morgan fingerprint density at radius 1 is 1.53 bits per heavy atom. The summed E-state index contributed by atoms with van der Waals surface area (Å²) in [5.41, 5.74) is 7.28. The standard InChI is InChI=1S/C14H21BrN2O2/c1-10(8-16)6-7-14(18)17-13-5-3-4-12(15)11(13)9-19-2/h3-5,10H,6-9,16H2,1-2H3,(H,17,18). The number of hydrogen-bond acceptors (Lipinski definition) is 3. The second-order valence-electron chi connectivity index (χ2n) is 4.63. The quantitative estimate of drug-likeness (QED) is 0.808. The van der Waals surface area contributed by atoms with Crippen LogP contribution >= 0.6 is 15.9 Å². The third-order valence-electron chi connectivity index (χ3n) is 2.95. The first kappa shape index (κ1) is 16.1. The molecule has 0 spiro atoms. The van der Waals surface area contributed by atoms with Gasteiger partial charge in [-0.15, -0.1) is 0 Å². The predicted octanol–water partition coefficient (Wildman–Crippen LogP) is 2.91. The molecular formula is C14H21BrN2O2. The Kier molecular flexibility index (Phi) is 7.05. The van der Waals surface area contributed by atoms with Crippen molar-refractivity contribution >= 4 is 27.5 Å². The van der Waals surface area contributed by atoms with Gasteiger partial charge in [0.2, 0.25) is 5.91 Å². The van der Waals surface area contributed by atoms with Crippen LogP contribution in [-0.4, -0.2) is 19.6 Å². The van der Waals surface area contributed by atoms with Crippen LogP contribution in [0, 0.1) is 5.92 Å². The van der Waals surface area contributed by atoms with Gasteiger partial charge in [-0.25, -0.2) is 0 Å². The van der Waals surface area contributed by atoms with E-state index in [1.807, 2.05) is 25.1 Å². The molecule has 0 bridgehead atoms. The highest BCUT2D eigenvalue weighted by molar-refractivity contribution is 9.10. The minimum absolute atomic E-state index is 0.00996. The van der Waals surface area contributed by atoms with Crippen LogP contribution < -0.4 is 11.1 Å². The lowest BCUT2D eigenvalue weighted by molar-refractivity contribution is -0.116. The molecule has 1 aromatic rings. The normalized spacial score (nSPS) is 12.2. The molecule has 1 amide bonds. The Morgan fingerprint density at radius 3 is 2.89 bits per heavy atom. The monoisotopic (exact) mass is 328 g/mol. The summed E-state index contributed by atoms with van der Waals surface area (Å²) in [5.74, 6) is 0.377. The molecular weight excluding hydrogens is 308 g/mol. The van der Waals surface area contributed by atoms with Gasteiger partial charge in [0, 0.05) is 29.3 Å². The molecule has 0 aliphatic heterocycles. The van der Waals surface area contributed by atoms with E-state index in [9.17, 15) is 4.79 Å². The molecule has 1 rings (SSSR count). The fourth-order valence-corrected chi connectivity index (χ4v) is 2.16. The average molecular weight is 329 g/mol. The predicted molar refractivity (Wildman–Crippen MR) is 80.9 cm³/mol. The first-order chi connectivity index (χ1) is 9.08. The van der Waals surface area contributed by atoms with Gasteiger partial charge < -0.3 is 15.8 Å². The van der Waals surface area contributed by atoms with Crippen molar-refractivity contribution < 1.29 is 9.53 Å². The second-order valence-corrected chi connectivity index (χ2v) is 5.48. The first-order valence-corrected chi connectivity index (χ1v) is 7.14. The van der Waals surface area contributed by atoms with Crippen molar-refractivity contribution in [1.82, 2.24) is 0 Å². The van der Waals surface area contributed by atoms with Gasteiger partial charge in [-0.2, -0.15) is 0 Å². The maximum absolute atomic E-state index is 11.9. The van der Waals surface area contributed by atoms with E-state index >= 15 is 0 Å². The third-order valence-corrected chi connectivity index (χ3v) is 3.69. The van der Waals surface area contributed by atoms with Gasteiger partial charge in [0.1, 0.15) is 0 Å². The number of amides is 1. The minimum Gasteiger partial charge on any atom is -0.380 e. The lowest BCUT2D eigenvalue weighted by Gasteiger charge is -2.13. The van der Waals surface area contributed by atoms with Crippen LogP contribution in [0.5, 0.6) is 0 Å². The zero-order valence-electron chi connectivity index (χ0n) is 11.4. The summed E-state index contributed by atoms with van der Waals surface area (Å²) < 4.78 is 6.08. The maximum atomic E-state index is 11.9. The molecule has 3 N–H and O–H groups in total. The average Bonchev–Trinajstić information content (AvgIpc) is 2.40. The van der Waals surface area contributed by atoms with E-state index < -0.39 is 0 Å². The maximum Gasteiger partial charge on any atom is 0.224 e. The van der Waals surface area contributed by atoms with E-state index in [0.717, 1.165) is 22.1 Å². The number of hydrogen-bond donors (Lipinski definition) is 2. The van der Waals surface area contributed by atoms with Crippen molar-refractivity contribution in [2.75, 3.05) is 19.0 Å². The highest BCUT2D eigenvalue weighted by atomic mass is 79.9. The zero-order valence-corrected chi connectivity index (χ0v) is 13.0. The highest BCUT2D eigenvalue weighted by Gasteiger charge is 2.10. The minimum atomic E-state index is 0.00996. The number of anilines is 1. The van der Waals surface area contributed by atoms with E-state index in [2.05, 4.69) is 21.2 Å². The van der Waals surface area contributed by atoms with Crippen molar-refractivity contribution in [3.05, 3.63) is 28.2 Å². The highest BCUT2D eigenvalue weighted by Crippen LogP contribution is 2.25. The molecule has 5 heteroatoms. The molecule has 0 aliphatic carbocycles. The molecule has 19 heavy (non-hydrogen) atoms. The lowest BCUT2D eigenvalue weighted by atomic mass is 10.1. The fourth-order valence-electron chi connectivity index (χ4n) is 1.67. The van der Waals surface area contributed by atoms with Crippen molar-refractivity contribution in [3.8, 4) is 0 Å². The number of rotatable bonds is 7. The summed E-state index contributed by atoms with van der Waals surface area (Å²) in [6.07, 6.45) is 1.28. The van der Waals surface area contributed by atoms with Gasteiger partial charge in [0.15, 0.2) is 0 Å². The number of methoxy groups -OCH3 is 1. The summed E-state index contributed by atoms with van der Waals surface area (Å²) in [6, 6.07) is 5.70. The van der Waals surface area contributed by atoms with E-state index in [4.69, 9.17) is 10.5 Å². The molecule has 0 aliphatic rings. The van der Waals surface area contributed by atoms with Gasteiger partial charge in [-0.3, -0.25) is 4.79 Å². The van der Waals surface area contributed by atoms with Crippen LogP contribution in [-0.2, 0) is 16.1 Å². The largest absolute Gasteiger partial charge is 0.380 e. The second kappa shape index (κ2) is 8.30. The summed E-state index contributed by atoms with van der Waals surface area (Å²) >= 11 is 3.46. The summed E-state index contributed by atoms with van der Waals surface area (Å²) in [4.78, 5) is 11.9. The van der Waals surface area contributed by atoms with Crippen LogP contribution in [0.25, 0.3) is 0 Å². The van der Waals surface area contributed by atoms with Crippen molar-refractivity contribution in [2.24, 2.45) is 11.7 Å². The van der Waals surface area contributed by atoms with Gasteiger partial charge >= 0.3 is 0 Å². The topological polar surface area (TPSA) is 64.3 Å². The Labute approximate surface area is 122 Å². The Morgan fingerprint density at radius 2 is 2.26 bits per heavy atom. The number of carbonyl (C=O) groups is 1. The number of nitrogens with two attached hydrogens (primary N) is 1. The van der Waals surface area contributed by atoms with Crippen LogP contribution in [0.3, 0.4) is 0 Å². The SMILES string of the molecule is COCc1c(Br)cccc1NC(=O)CCC(C)CN. The molecule has 4 nitrogen and oxygen atoms in total. The number of halogens is 1. The van der Waals surface area contributed by atoms with Crippen molar-refractivity contribution in [3.63, 3.8) is 0 Å². The van der Waals surface area contributed by atoms with Gasteiger partial charge in [-0.1, -0.05) is 28.9 Å². The van der Waals surface area contributed by atoms with Crippen molar-refractivity contribution in [2.45, 2.75) is 26.4 Å². The van der Waals surface area contributed by atoms with Crippen LogP contribution in [0.2, 0.25) is 0 Å². The lowest BCUT2D eigenvalue weighted by Crippen LogP contribution is -2.17. The van der Waals surface area contributed by atoms with Crippen molar-refractivity contribution in [1.29, 1.82) is 0 Å².